The molecule has 0 aliphatic heterocycles. The number of hydrogen-bond acceptors (Lipinski definition) is 3. The van der Waals surface area contributed by atoms with Crippen molar-refractivity contribution in [3.05, 3.63) is 86.1 Å². The zero-order chi connectivity index (χ0) is 23.0. The van der Waals surface area contributed by atoms with Gasteiger partial charge in [0.1, 0.15) is 11.4 Å². The van der Waals surface area contributed by atoms with Crippen LogP contribution in [0.25, 0.3) is 0 Å². The molecule has 165 valence electrons. The maximum atomic E-state index is 6.21. The minimum atomic E-state index is 0.382. The Hall–Kier alpha value is -0.824. The van der Waals surface area contributed by atoms with E-state index in [0.29, 0.717) is 67.2 Å². The van der Waals surface area contributed by atoms with E-state index in [1.54, 1.807) is 36.4 Å². The van der Waals surface area contributed by atoms with Crippen LogP contribution in [0, 0.1) is 0 Å². The average Bonchev–Trinajstić information content (AvgIpc) is 2.74. The van der Waals surface area contributed by atoms with E-state index in [0.717, 1.165) is 0 Å². The van der Waals surface area contributed by atoms with Crippen LogP contribution >= 0.6 is 66.7 Å². The first-order valence-corrected chi connectivity index (χ1v) is 13.0. The monoisotopic (exact) mass is 578 g/mol. The third-order valence-electron chi connectivity index (χ3n) is 3.92. The number of nitrogens with zero attached hydrogens (tertiary/aromatic N) is 3. The van der Waals surface area contributed by atoms with E-state index in [2.05, 4.69) is 15.0 Å². The number of pyridine rings is 1. The van der Waals surface area contributed by atoms with Crippen LogP contribution in [0.2, 0.25) is 20.1 Å². The van der Waals surface area contributed by atoms with Crippen molar-refractivity contribution in [2.75, 3.05) is 0 Å². The predicted octanol–water partition coefficient (Wildman–Crippen LogP) is 9.35. The summed E-state index contributed by atoms with van der Waals surface area (Å²) >= 11 is 25.2. The molecule has 3 rings (SSSR count). The summed E-state index contributed by atoms with van der Waals surface area (Å²) in [4.78, 5) is 13.7. The fourth-order valence-electron chi connectivity index (χ4n) is 2.48. The Labute approximate surface area is 215 Å². The van der Waals surface area contributed by atoms with Gasteiger partial charge in [-0.2, -0.15) is 0 Å². The van der Waals surface area contributed by atoms with Crippen LogP contribution in [0.4, 0.5) is 11.4 Å². The van der Waals surface area contributed by atoms with Crippen molar-refractivity contribution >= 4 is 89.5 Å². The Morgan fingerprint density at radius 3 is 1.26 bits per heavy atom. The molecule has 1 heterocycles. The van der Waals surface area contributed by atoms with Crippen molar-refractivity contribution in [2.24, 2.45) is 9.98 Å². The molecule has 0 amide bonds. The normalized spacial score (nSPS) is 11.9. The van der Waals surface area contributed by atoms with Gasteiger partial charge in [0.05, 0.1) is 42.9 Å². The maximum absolute atomic E-state index is 6.21. The van der Waals surface area contributed by atoms with Gasteiger partial charge in [-0.05, 0) is 50.2 Å². The molecular weight excluding hydrogens is 566 g/mol. The Balaban J connectivity index is 0.00000107. The van der Waals surface area contributed by atoms with E-state index >= 15 is 0 Å². The molecule has 0 N–H and O–H groups in total. The third-order valence-corrected chi connectivity index (χ3v) is 5.14. The fourth-order valence-corrected chi connectivity index (χ4v) is 3.44. The number of para-hydroxylation sites is 2. The number of hydrogen-bond donors (Lipinski definition) is 0. The van der Waals surface area contributed by atoms with Crippen LogP contribution in [-0.2, 0) is 12.9 Å². The molecule has 31 heavy (non-hydrogen) atoms. The van der Waals surface area contributed by atoms with Crippen LogP contribution in [0.15, 0.2) is 64.6 Å². The molecule has 0 aliphatic rings. The molecule has 3 nitrogen and oxygen atoms in total. The Morgan fingerprint density at radius 1 is 0.645 bits per heavy atom. The van der Waals surface area contributed by atoms with Crippen LogP contribution < -0.4 is 0 Å². The van der Waals surface area contributed by atoms with Crippen LogP contribution in [0.1, 0.15) is 25.2 Å². The minimum absolute atomic E-state index is 0.382. The van der Waals surface area contributed by atoms with Crippen molar-refractivity contribution in [1.29, 1.82) is 0 Å². The number of aromatic nitrogens is 1. The number of benzene rings is 2. The van der Waals surface area contributed by atoms with Crippen LogP contribution in [-0.4, -0.2) is 16.4 Å². The second-order valence-electron chi connectivity index (χ2n) is 5.99. The molecule has 0 atom stereocenters. The van der Waals surface area contributed by atoms with Crippen molar-refractivity contribution in [2.45, 2.75) is 13.8 Å². The van der Waals surface area contributed by atoms with Crippen molar-refractivity contribution < 1.29 is 12.9 Å². The first kappa shape index (κ1) is 26.4. The van der Waals surface area contributed by atoms with E-state index < -0.39 is 0 Å². The van der Waals surface area contributed by atoms with E-state index in [1.165, 1.54) is 0 Å². The SMILES string of the molecule is CC(=Nc1c(Cl)cccc1Cl)c1cccc(C(C)=Nc2c(Cl)cccc2Cl)n1.[Cl][Co][Cl]. The van der Waals surface area contributed by atoms with E-state index in [4.69, 9.17) is 66.7 Å². The first-order chi connectivity index (χ1) is 14.8. The molecule has 0 saturated carbocycles. The predicted molar refractivity (Wildman–Crippen MR) is 133 cm³/mol. The number of halogens is 6. The van der Waals surface area contributed by atoms with Crippen molar-refractivity contribution in [3.63, 3.8) is 0 Å². The Kier molecular flexibility index (Phi) is 11.1. The average molecular weight is 581 g/mol. The third kappa shape index (κ3) is 7.62. The molecule has 0 spiro atoms. The van der Waals surface area contributed by atoms with Gasteiger partial charge in [-0.15, -0.1) is 0 Å². The van der Waals surface area contributed by atoms with Gasteiger partial charge in [0, 0.05) is 0 Å². The summed E-state index contributed by atoms with van der Waals surface area (Å²) in [5.41, 5.74) is 3.77. The van der Waals surface area contributed by atoms with E-state index in [-0.39, 0.29) is 0 Å². The van der Waals surface area contributed by atoms with E-state index in [9.17, 15) is 0 Å². The Morgan fingerprint density at radius 2 is 0.935 bits per heavy atom. The van der Waals surface area contributed by atoms with E-state index in [1.807, 2.05) is 32.0 Å². The van der Waals surface area contributed by atoms with Gasteiger partial charge < -0.3 is 0 Å². The van der Waals surface area contributed by atoms with Gasteiger partial charge in [-0.25, -0.2) is 15.0 Å². The summed E-state index contributed by atoms with van der Waals surface area (Å²) < 4.78 is 0. The van der Waals surface area contributed by atoms with Gasteiger partial charge in [0.15, 0.2) is 0 Å². The summed E-state index contributed by atoms with van der Waals surface area (Å²) in [7, 11) is 9.47. The zero-order valence-corrected chi connectivity index (χ0v) is 21.7. The molecule has 0 saturated heterocycles. The summed E-state index contributed by atoms with van der Waals surface area (Å²) in [6, 6.07) is 16.1. The second-order valence-corrected chi connectivity index (χ2v) is 9.34. The van der Waals surface area contributed by atoms with Gasteiger partial charge in [0.25, 0.3) is 0 Å². The molecule has 10 heteroatoms. The van der Waals surface area contributed by atoms with Gasteiger partial charge in [-0.1, -0.05) is 64.6 Å². The summed E-state index contributed by atoms with van der Waals surface area (Å²) in [5.74, 6) is 0. The molecule has 0 unspecified atom stereocenters. The van der Waals surface area contributed by atoms with Gasteiger partial charge >= 0.3 is 33.2 Å². The Bertz CT molecular complexity index is 995. The molecule has 2 aromatic carbocycles. The van der Waals surface area contributed by atoms with Crippen molar-refractivity contribution in [3.8, 4) is 0 Å². The standard InChI is InChI=1S/C21H15Cl4N3.2ClH.Co/c1-12(26-20-14(22)6-3-7-15(20)23)18-10-5-11-19(28-18)13(2)27-21-16(24)8-4-9-17(21)25;;;/h3-11H,1-2H3;2*1H;/q;;;+2/p-2. The van der Waals surface area contributed by atoms with Gasteiger partial charge in [0.2, 0.25) is 0 Å². The topological polar surface area (TPSA) is 37.6 Å². The van der Waals surface area contributed by atoms with Gasteiger partial charge in [-0.3, -0.25) is 0 Å². The summed E-state index contributed by atoms with van der Waals surface area (Å²) in [6.45, 7) is 3.70. The molecule has 0 radical (unpaired) electrons. The molecule has 1 aromatic heterocycles. The molecule has 3 aromatic rings. The second kappa shape index (κ2) is 13.0. The number of rotatable bonds is 4. The fraction of sp³-hybridized carbons (Fsp3) is 0.0952. The molecule has 0 aliphatic carbocycles. The summed E-state index contributed by atoms with van der Waals surface area (Å²) in [6.07, 6.45) is 0. The van der Waals surface area contributed by atoms with Crippen LogP contribution in [0.3, 0.4) is 0 Å². The quantitative estimate of drug-likeness (QED) is 0.283. The molecule has 0 bridgehead atoms. The zero-order valence-electron chi connectivity index (χ0n) is 16.1. The molecular formula is C21H15Cl6CoN3. The van der Waals surface area contributed by atoms with Crippen molar-refractivity contribution in [1.82, 2.24) is 4.98 Å². The van der Waals surface area contributed by atoms with Crippen LogP contribution in [0.5, 0.6) is 0 Å². The molecule has 0 fully saturated rings. The first-order valence-electron chi connectivity index (χ1n) is 8.58. The number of aliphatic imine (C=N–C) groups is 2. The summed E-state index contributed by atoms with van der Waals surface area (Å²) in [5, 5.41) is 1.92.